The lowest BCUT2D eigenvalue weighted by Crippen LogP contribution is -3.12. The summed E-state index contributed by atoms with van der Waals surface area (Å²) in [5.74, 6) is -0.271. The van der Waals surface area contributed by atoms with E-state index in [1.165, 1.54) is 12.1 Å². The largest absolute Gasteiger partial charge is 0.324 e. The van der Waals surface area contributed by atoms with Gasteiger partial charge in [-0.05, 0) is 31.2 Å². The number of nitrogens with one attached hydrogen (secondary N) is 2. The van der Waals surface area contributed by atoms with E-state index in [0.717, 1.165) is 16.2 Å². The van der Waals surface area contributed by atoms with Gasteiger partial charge in [-0.15, -0.1) is 0 Å². The summed E-state index contributed by atoms with van der Waals surface area (Å²) in [5, 5.41) is 2.90. The van der Waals surface area contributed by atoms with Gasteiger partial charge < -0.3 is 10.2 Å². The molecule has 4 heteroatoms. The average Bonchev–Trinajstić information content (AvgIpc) is 2.49. The van der Waals surface area contributed by atoms with Crippen molar-refractivity contribution in [3.05, 3.63) is 66.0 Å². The first kappa shape index (κ1) is 15.2. The monoisotopic (exact) mass is 287 g/mol. The maximum Gasteiger partial charge on any atom is 0.282 e. The van der Waals surface area contributed by atoms with Crippen molar-refractivity contribution in [2.75, 3.05) is 12.4 Å². The third kappa shape index (κ3) is 4.39. The summed E-state index contributed by atoms with van der Waals surface area (Å²) in [4.78, 5) is 13.3. The average molecular weight is 287 g/mol. The minimum Gasteiger partial charge on any atom is -0.324 e. The highest BCUT2D eigenvalue weighted by atomic mass is 19.1. The van der Waals surface area contributed by atoms with E-state index in [1.54, 1.807) is 12.1 Å². The van der Waals surface area contributed by atoms with Gasteiger partial charge in [-0.1, -0.05) is 30.3 Å². The lowest BCUT2D eigenvalue weighted by Gasteiger charge is -2.21. The smallest absolute Gasteiger partial charge is 0.282 e. The van der Waals surface area contributed by atoms with Gasteiger partial charge in [0, 0.05) is 11.3 Å². The van der Waals surface area contributed by atoms with Crippen LogP contribution in [0.3, 0.4) is 0 Å². The van der Waals surface area contributed by atoms with Crippen LogP contribution in [0.2, 0.25) is 0 Å². The Kier molecular flexibility index (Phi) is 5.06. The van der Waals surface area contributed by atoms with Crippen molar-refractivity contribution in [2.24, 2.45) is 0 Å². The number of para-hydroxylation sites is 1. The molecule has 2 atom stereocenters. The predicted molar refractivity (Wildman–Crippen MR) is 81.5 cm³/mol. The molecule has 0 fully saturated rings. The van der Waals surface area contributed by atoms with Gasteiger partial charge in [0.05, 0.1) is 7.05 Å². The van der Waals surface area contributed by atoms with Crippen LogP contribution >= 0.6 is 0 Å². The van der Waals surface area contributed by atoms with Crippen LogP contribution in [0.15, 0.2) is 54.6 Å². The van der Waals surface area contributed by atoms with E-state index in [4.69, 9.17) is 0 Å². The number of carbonyl (C=O) groups is 1. The zero-order chi connectivity index (χ0) is 15.2. The summed E-state index contributed by atoms with van der Waals surface area (Å²) in [6, 6.07) is 15.6. The standard InChI is InChI=1S/C17H19FN2O/c1-13(17(21)19-16-6-4-3-5-7-16)20(2)12-14-8-10-15(18)11-9-14/h3-11,13H,12H2,1-2H3,(H,19,21)/p+1/t13-/m1/s1. The molecule has 2 aromatic carbocycles. The van der Waals surface area contributed by atoms with Gasteiger partial charge in [0.25, 0.3) is 5.91 Å². The summed E-state index contributed by atoms with van der Waals surface area (Å²) >= 11 is 0. The second-order valence-corrected chi connectivity index (χ2v) is 5.23. The van der Waals surface area contributed by atoms with Crippen molar-refractivity contribution < 1.29 is 14.1 Å². The minimum atomic E-state index is -0.244. The molecule has 0 radical (unpaired) electrons. The van der Waals surface area contributed by atoms with Crippen LogP contribution in [0.5, 0.6) is 0 Å². The molecule has 110 valence electrons. The SMILES string of the molecule is C[C@H](C(=O)Nc1ccccc1)[NH+](C)Cc1ccc(F)cc1. The van der Waals surface area contributed by atoms with E-state index in [2.05, 4.69) is 5.32 Å². The van der Waals surface area contributed by atoms with Crippen molar-refractivity contribution >= 4 is 11.6 Å². The molecule has 0 heterocycles. The number of likely N-dealkylation sites (N-methyl/N-ethyl adjacent to an activating group) is 1. The normalized spacial score (nSPS) is 13.5. The summed E-state index contributed by atoms with van der Waals surface area (Å²) in [5.41, 5.74) is 1.80. The van der Waals surface area contributed by atoms with E-state index in [1.807, 2.05) is 44.3 Å². The summed E-state index contributed by atoms with van der Waals surface area (Å²) in [6.07, 6.45) is 0. The molecular weight excluding hydrogens is 267 g/mol. The number of hydrogen-bond acceptors (Lipinski definition) is 1. The van der Waals surface area contributed by atoms with Gasteiger partial charge in [-0.3, -0.25) is 4.79 Å². The lowest BCUT2D eigenvalue weighted by atomic mass is 10.2. The molecule has 1 amide bonds. The first-order chi connectivity index (χ1) is 10.1. The number of anilines is 1. The van der Waals surface area contributed by atoms with E-state index in [-0.39, 0.29) is 17.8 Å². The fraction of sp³-hybridized carbons (Fsp3) is 0.235. The highest BCUT2D eigenvalue weighted by Gasteiger charge is 2.21. The number of benzene rings is 2. The summed E-state index contributed by atoms with van der Waals surface area (Å²) in [7, 11) is 1.96. The molecule has 0 spiro atoms. The first-order valence-electron chi connectivity index (χ1n) is 6.99. The third-order valence-electron chi connectivity index (χ3n) is 3.57. The van der Waals surface area contributed by atoms with Gasteiger partial charge in [0.15, 0.2) is 6.04 Å². The number of halogens is 1. The molecule has 0 aromatic heterocycles. The Balaban J connectivity index is 1.93. The molecule has 0 aliphatic carbocycles. The Bertz CT molecular complexity index is 583. The van der Waals surface area contributed by atoms with Crippen molar-refractivity contribution in [3.63, 3.8) is 0 Å². The minimum absolute atomic E-state index is 0.0270. The number of hydrogen-bond donors (Lipinski definition) is 2. The summed E-state index contributed by atoms with van der Waals surface area (Å²) < 4.78 is 12.9. The molecule has 0 aliphatic rings. The summed E-state index contributed by atoms with van der Waals surface area (Å²) in [6.45, 7) is 2.56. The lowest BCUT2D eigenvalue weighted by molar-refractivity contribution is -0.907. The van der Waals surface area contributed by atoms with Crippen LogP contribution < -0.4 is 10.2 Å². The van der Waals surface area contributed by atoms with Crippen LogP contribution in [0, 0.1) is 5.82 Å². The van der Waals surface area contributed by atoms with Gasteiger partial charge in [0.1, 0.15) is 12.4 Å². The molecular formula is C17H20FN2O+. The highest BCUT2D eigenvalue weighted by Crippen LogP contribution is 2.05. The van der Waals surface area contributed by atoms with Crippen molar-refractivity contribution in [1.29, 1.82) is 0 Å². The Labute approximate surface area is 124 Å². The zero-order valence-corrected chi connectivity index (χ0v) is 12.3. The van der Waals surface area contributed by atoms with Crippen LogP contribution in [-0.4, -0.2) is 19.0 Å². The van der Waals surface area contributed by atoms with E-state index in [0.29, 0.717) is 6.54 Å². The van der Waals surface area contributed by atoms with Crippen LogP contribution in [0.25, 0.3) is 0 Å². The van der Waals surface area contributed by atoms with Crippen LogP contribution in [0.4, 0.5) is 10.1 Å². The van der Waals surface area contributed by atoms with E-state index >= 15 is 0 Å². The molecule has 0 saturated carbocycles. The zero-order valence-electron chi connectivity index (χ0n) is 12.3. The van der Waals surface area contributed by atoms with Gasteiger partial charge in [-0.25, -0.2) is 4.39 Å². The van der Waals surface area contributed by atoms with Gasteiger partial charge in [0.2, 0.25) is 0 Å². The molecule has 0 bridgehead atoms. The van der Waals surface area contributed by atoms with Crippen molar-refractivity contribution in [3.8, 4) is 0 Å². The quantitative estimate of drug-likeness (QED) is 0.865. The number of quaternary nitrogens is 1. The van der Waals surface area contributed by atoms with Gasteiger partial charge >= 0.3 is 0 Å². The molecule has 0 saturated heterocycles. The van der Waals surface area contributed by atoms with Crippen LogP contribution in [-0.2, 0) is 11.3 Å². The van der Waals surface area contributed by atoms with Gasteiger partial charge in [-0.2, -0.15) is 0 Å². The topological polar surface area (TPSA) is 33.5 Å². The molecule has 2 aromatic rings. The molecule has 0 aliphatic heterocycles. The maximum atomic E-state index is 12.9. The fourth-order valence-corrected chi connectivity index (χ4v) is 2.07. The molecule has 3 nitrogen and oxygen atoms in total. The van der Waals surface area contributed by atoms with Crippen molar-refractivity contribution in [2.45, 2.75) is 19.5 Å². The Morgan fingerprint density at radius 1 is 1.14 bits per heavy atom. The second kappa shape index (κ2) is 6.99. The molecule has 21 heavy (non-hydrogen) atoms. The fourth-order valence-electron chi connectivity index (χ4n) is 2.07. The number of amides is 1. The predicted octanol–water partition coefficient (Wildman–Crippen LogP) is 1.87. The Hall–Kier alpha value is -2.20. The maximum absolute atomic E-state index is 12.9. The van der Waals surface area contributed by atoms with Crippen molar-refractivity contribution in [1.82, 2.24) is 0 Å². The number of carbonyl (C=O) groups excluding carboxylic acids is 1. The first-order valence-corrected chi connectivity index (χ1v) is 6.99. The van der Waals surface area contributed by atoms with E-state index < -0.39 is 0 Å². The van der Waals surface area contributed by atoms with E-state index in [9.17, 15) is 9.18 Å². The highest BCUT2D eigenvalue weighted by molar-refractivity contribution is 5.93. The Morgan fingerprint density at radius 2 is 1.76 bits per heavy atom. The molecule has 1 unspecified atom stereocenters. The molecule has 2 N–H and O–H groups in total. The van der Waals surface area contributed by atoms with Crippen LogP contribution in [0.1, 0.15) is 12.5 Å². The number of rotatable bonds is 5. The molecule has 2 rings (SSSR count). The third-order valence-corrected chi connectivity index (χ3v) is 3.57. The Morgan fingerprint density at radius 3 is 2.38 bits per heavy atom. The second-order valence-electron chi connectivity index (χ2n) is 5.23.